The van der Waals surface area contributed by atoms with Gasteiger partial charge in [-0.05, 0) is 68.4 Å². The Kier molecular flexibility index (Phi) is 7.92. The number of nitrogen functional groups attached to an aromatic ring is 1. The summed E-state index contributed by atoms with van der Waals surface area (Å²) >= 11 is 12.2. The zero-order chi connectivity index (χ0) is 27.5. The fraction of sp³-hybridized carbons (Fsp3) is 0.214. The van der Waals surface area contributed by atoms with Gasteiger partial charge in [0.15, 0.2) is 11.6 Å². The van der Waals surface area contributed by atoms with Crippen molar-refractivity contribution < 1.29 is 18.7 Å². The number of anilines is 2. The summed E-state index contributed by atoms with van der Waals surface area (Å²) in [6.45, 7) is 1.56. The second-order valence-electron chi connectivity index (χ2n) is 9.35. The quantitative estimate of drug-likeness (QED) is 0.178. The van der Waals surface area contributed by atoms with Crippen molar-refractivity contribution >= 4 is 57.3 Å². The van der Waals surface area contributed by atoms with Gasteiger partial charge in [0.2, 0.25) is 5.91 Å². The van der Waals surface area contributed by atoms with Crippen LogP contribution in [0.5, 0.6) is 11.5 Å². The van der Waals surface area contributed by atoms with Crippen LogP contribution in [-0.4, -0.2) is 29.9 Å². The summed E-state index contributed by atoms with van der Waals surface area (Å²) in [5.41, 5.74) is 8.00. The number of amides is 2. The Morgan fingerprint density at radius 2 is 1.85 bits per heavy atom. The topological polar surface area (TPSA) is 121 Å². The van der Waals surface area contributed by atoms with Crippen LogP contribution in [0.3, 0.4) is 0 Å². The Morgan fingerprint density at radius 1 is 1.05 bits per heavy atom. The van der Waals surface area contributed by atoms with E-state index in [2.05, 4.69) is 20.9 Å². The molecule has 0 atom stereocenters. The first-order chi connectivity index (χ1) is 18.8. The monoisotopic (exact) mass is 569 g/mol. The maximum atomic E-state index is 15.3. The number of ether oxygens (including phenoxy) is 1. The maximum Gasteiger partial charge on any atom is 0.267 e. The Morgan fingerprint density at radius 3 is 2.62 bits per heavy atom. The van der Waals surface area contributed by atoms with Crippen molar-refractivity contribution in [3.8, 4) is 11.5 Å². The number of fused-ring (bicyclic) bond motifs is 1. The maximum absolute atomic E-state index is 15.3. The molecule has 8 nitrogen and oxygen atoms in total. The van der Waals surface area contributed by atoms with Gasteiger partial charge >= 0.3 is 0 Å². The molecule has 11 heteroatoms. The van der Waals surface area contributed by atoms with E-state index in [0.717, 1.165) is 36.8 Å². The van der Waals surface area contributed by atoms with Gasteiger partial charge in [-0.1, -0.05) is 29.3 Å². The highest BCUT2D eigenvalue weighted by Crippen LogP contribution is 2.35. The lowest BCUT2D eigenvalue weighted by Crippen LogP contribution is -2.34. The van der Waals surface area contributed by atoms with E-state index in [9.17, 15) is 9.59 Å². The summed E-state index contributed by atoms with van der Waals surface area (Å²) in [6.07, 6.45) is 1.61. The van der Waals surface area contributed by atoms with Crippen molar-refractivity contribution in [2.45, 2.75) is 19.4 Å². The number of aromatic amines is 1. The van der Waals surface area contributed by atoms with E-state index >= 15 is 4.39 Å². The molecular formula is C28H26Cl2FN5O3. The third-order valence-electron chi connectivity index (χ3n) is 6.52. The molecule has 2 amide bonds. The number of carbonyl (C=O) groups is 2. The van der Waals surface area contributed by atoms with E-state index in [1.807, 2.05) is 6.07 Å². The molecule has 1 aliphatic rings. The standard InChI is InChI=1S/C28H26Cl2FN5O3/c29-18-11-19(32)13-21(12-18)39-26-22(30)3-1-16(25(26)31)14-34-28(38)24-10-17-9-20(2-4-23(17)36-24)35-27(37)15-5-7-33-8-6-15/h1-4,9-13,15,33,36H,5-8,14,32H2,(H,34,38)(H,35,37). The molecule has 0 saturated carbocycles. The lowest BCUT2D eigenvalue weighted by Gasteiger charge is -2.21. The summed E-state index contributed by atoms with van der Waals surface area (Å²) in [5, 5.41) is 10.1. The van der Waals surface area contributed by atoms with Gasteiger partial charge in [-0.2, -0.15) is 0 Å². The van der Waals surface area contributed by atoms with Gasteiger partial charge < -0.3 is 31.4 Å². The second-order valence-corrected chi connectivity index (χ2v) is 10.2. The van der Waals surface area contributed by atoms with Crippen LogP contribution < -0.4 is 26.4 Å². The first-order valence-electron chi connectivity index (χ1n) is 12.4. The van der Waals surface area contributed by atoms with Gasteiger partial charge in [0.1, 0.15) is 11.4 Å². The first kappa shape index (κ1) is 26.8. The van der Waals surface area contributed by atoms with Crippen molar-refractivity contribution in [1.82, 2.24) is 15.6 Å². The summed E-state index contributed by atoms with van der Waals surface area (Å²) < 4.78 is 20.9. The molecule has 1 fully saturated rings. The molecule has 0 bridgehead atoms. The number of hydrogen-bond acceptors (Lipinski definition) is 5. The largest absolute Gasteiger partial charge is 0.453 e. The Bertz CT molecular complexity index is 1530. The number of H-pyrrole nitrogens is 1. The van der Waals surface area contributed by atoms with Gasteiger partial charge in [-0.15, -0.1) is 0 Å². The van der Waals surface area contributed by atoms with Gasteiger partial charge in [0, 0.05) is 51.4 Å². The van der Waals surface area contributed by atoms with Crippen LogP contribution in [0.2, 0.25) is 10.0 Å². The number of rotatable bonds is 7. The highest BCUT2D eigenvalue weighted by Gasteiger charge is 2.21. The molecule has 0 radical (unpaired) electrons. The Hall–Kier alpha value is -3.79. The highest BCUT2D eigenvalue weighted by atomic mass is 35.5. The normalized spacial score (nSPS) is 13.8. The van der Waals surface area contributed by atoms with Crippen LogP contribution in [-0.2, 0) is 11.3 Å². The lowest BCUT2D eigenvalue weighted by atomic mass is 9.97. The van der Waals surface area contributed by atoms with Gasteiger partial charge in [0.25, 0.3) is 5.91 Å². The number of hydrogen-bond donors (Lipinski definition) is 5. The molecule has 3 aromatic carbocycles. The van der Waals surface area contributed by atoms with Crippen LogP contribution in [0.15, 0.2) is 54.6 Å². The molecule has 0 unspecified atom stereocenters. The molecule has 5 rings (SSSR count). The summed E-state index contributed by atoms with van der Waals surface area (Å²) in [5.74, 6) is -1.13. The van der Waals surface area contributed by atoms with E-state index < -0.39 is 11.7 Å². The molecule has 2 heterocycles. The Balaban J connectivity index is 1.26. The van der Waals surface area contributed by atoms with Crippen LogP contribution in [0.1, 0.15) is 28.9 Å². The number of carbonyl (C=O) groups excluding carboxylic acids is 2. The second kappa shape index (κ2) is 11.5. The van der Waals surface area contributed by atoms with Gasteiger partial charge in [-0.25, -0.2) is 4.39 Å². The summed E-state index contributed by atoms with van der Waals surface area (Å²) in [7, 11) is 0. The zero-order valence-electron chi connectivity index (χ0n) is 20.7. The average Bonchev–Trinajstić information content (AvgIpc) is 3.34. The number of piperidine rings is 1. The van der Waals surface area contributed by atoms with Gasteiger partial charge in [-0.3, -0.25) is 9.59 Å². The molecule has 6 N–H and O–H groups in total. The van der Waals surface area contributed by atoms with E-state index in [1.54, 1.807) is 18.2 Å². The van der Waals surface area contributed by atoms with E-state index in [0.29, 0.717) is 22.1 Å². The fourth-order valence-electron chi connectivity index (χ4n) is 4.50. The molecule has 39 heavy (non-hydrogen) atoms. The number of halogens is 3. The highest BCUT2D eigenvalue weighted by molar-refractivity contribution is 6.32. The Labute approximate surface area is 234 Å². The molecule has 202 valence electrons. The minimum atomic E-state index is -0.716. The zero-order valence-corrected chi connectivity index (χ0v) is 22.3. The summed E-state index contributed by atoms with van der Waals surface area (Å²) in [6, 6.07) is 14.6. The van der Waals surface area contributed by atoms with Crippen LogP contribution in [0, 0.1) is 11.7 Å². The van der Waals surface area contributed by atoms with Crippen molar-refractivity contribution in [2.75, 3.05) is 24.1 Å². The lowest BCUT2D eigenvalue weighted by molar-refractivity contribution is -0.120. The van der Waals surface area contributed by atoms with Crippen LogP contribution >= 0.6 is 23.2 Å². The predicted molar refractivity (Wildman–Crippen MR) is 151 cm³/mol. The molecule has 1 aliphatic heterocycles. The van der Waals surface area contributed by atoms with Crippen molar-refractivity contribution in [3.63, 3.8) is 0 Å². The molecule has 4 aromatic rings. The predicted octanol–water partition coefficient (Wildman–Crippen LogP) is 5.86. The number of nitrogens with one attached hydrogen (secondary N) is 4. The molecular weight excluding hydrogens is 544 g/mol. The third kappa shape index (κ3) is 6.27. The van der Waals surface area contributed by atoms with Crippen molar-refractivity contribution in [1.29, 1.82) is 0 Å². The van der Waals surface area contributed by atoms with Crippen LogP contribution in [0.25, 0.3) is 10.9 Å². The van der Waals surface area contributed by atoms with Crippen LogP contribution in [0.4, 0.5) is 15.8 Å². The fourth-order valence-corrected chi connectivity index (χ4v) is 4.91. The smallest absolute Gasteiger partial charge is 0.267 e. The molecule has 1 aromatic heterocycles. The first-order valence-corrected chi connectivity index (χ1v) is 13.2. The summed E-state index contributed by atoms with van der Waals surface area (Å²) in [4.78, 5) is 28.5. The number of nitrogens with two attached hydrogens (primary N) is 1. The molecule has 1 saturated heterocycles. The third-order valence-corrected chi connectivity index (χ3v) is 7.04. The van der Waals surface area contributed by atoms with Crippen molar-refractivity contribution in [2.24, 2.45) is 5.92 Å². The molecule has 0 aliphatic carbocycles. The van der Waals surface area contributed by atoms with E-state index in [-0.39, 0.29) is 40.5 Å². The number of benzene rings is 3. The van der Waals surface area contributed by atoms with E-state index in [1.165, 1.54) is 30.3 Å². The molecule has 0 spiro atoms. The average molecular weight is 570 g/mol. The van der Waals surface area contributed by atoms with Gasteiger partial charge in [0.05, 0.1) is 5.02 Å². The SMILES string of the molecule is Nc1cc(Cl)cc(Oc2c(Cl)ccc(CNC(=O)c3cc4cc(NC(=O)C5CCNCC5)ccc4[nH]3)c2F)c1. The number of aromatic nitrogens is 1. The minimum Gasteiger partial charge on any atom is -0.453 e. The minimum absolute atomic E-state index is 0.00322. The van der Waals surface area contributed by atoms with E-state index in [4.69, 9.17) is 33.7 Å². The van der Waals surface area contributed by atoms with Crippen molar-refractivity contribution in [3.05, 3.63) is 81.7 Å².